The van der Waals surface area contributed by atoms with Crippen LogP contribution < -0.4 is 5.32 Å². The Balaban J connectivity index is 1.71. The van der Waals surface area contributed by atoms with Gasteiger partial charge in [-0.1, -0.05) is 0 Å². The third kappa shape index (κ3) is 2.81. The van der Waals surface area contributed by atoms with E-state index in [1.807, 2.05) is 0 Å². The van der Waals surface area contributed by atoms with Crippen molar-refractivity contribution in [3.63, 3.8) is 0 Å². The van der Waals surface area contributed by atoms with Crippen molar-refractivity contribution in [3.8, 4) is 0 Å². The molecule has 6 heteroatoms. The second-order valence-electron chi connectivity index (χ2n) is 5.78. The molecule has 20 heavy (non-hydrogen) atoms. The number of nitrogens with one attached hydrogen (secondary N) is 1. The molecule has 3 rings (SSSR count). The van der Waals surface area contributed by atoms with Crippen LogP contribution in [0.4, 0.5) is 11.4 Å². The van der Waals surface area contributed by atoms with E-state index in [1.165, 1.54) is 18.9 Å². The van der Waals surface area contributed by atoms with Crippen molar-refractivity contribution in [1.29, 1.82) is 0 Å². The number of rotatable bonds is 4. The summed E-state index contributed by atoms with van der Waals surface area (Å²) < 4.78 is 0.876. The number of nitro groups is 1. The summed E-state index contributed by atoms with van der Waals surface area (Å²) in [6, 6.07) is 6.58. The van der Waals surface area contributed by atoms with Crippen molar-refractivity contribution in [2.24, 2.45) is 0 Å². The summed E-state index contributed by atoms with van der Waals surface area (Å²) in [6.07, 6.45) is 3.72. The zero-order valence-corrected chi connectivity index (χ0v) is 13.0. The maximum absolute atomic E-state index is 10.9. The fourth-order valence-electron chi connectivity index (χ4n) is 3.03. The van der Waals surface area contributed by atoms with Gasteiger partial charge in [-0.15, -0.1) is 0 Å². The monoisotopic (exact) mass is 339 g/mol. The number of benzene rings is 1. The van der Waals surface area contributed by atoms with Crippen molar-refractivity contribution >= 4 is 27.3 Å². The molecule has 2 fully saturated rings. The molecular formula is C14H18BrN3O2. The molecule has 2 aliphatic rings. The topological polar surface area (TPSA) is 58.4 Å². The second kappa shape index (κ2) is 5.33. The first-order valence-corrected chi connectivity index (χ1v) is 7.80. The van der Waals surface area contributed by atoms with Crippen LogP contribution in [-0.4, -0.2) is 34.5 Å². The van der Waals surface area contributed by atoms with Crippen LogP contribution in [0.5, 0.6) is 0 Å². The third-order valence-corrected chi connectivity index (χ3v) is 4.85. The maximum atomic E-state index is 10.9. The molecule has 1 N–H and O–H groups in total. The summed E-state index contributed by atoms with van der Waals surface area (Å²) >= 11 is 3.46. The van der Waals surface area contributed by atoms with Crippen molar-refractivity contribution in [2.75, 3.05) is 11.9 Å². The molecule has 5 nitrogen and oxygen atoms in total. The van der Waals surface area contributed by atoms with Gasteiger partial charge in [0.2, 0.25) is 0 Å². The van der Waals surface area contributed by atoms with Crippen molar-refractivity contribution in [1.82, 2.24) is 4.90 Å². The number of hydrogen-bond acceptors (Lipinski definition) is 4. The van der Waals surface area contributed by atoms with Crippen LogP contribution in [0.3, 0.4) is 0 Å². The first-order valence-electron chi connectivity index (χ1n) is 7.01. The van der Waals surface area contributed by atoms with Gasteiger partial charge in [0, 0.05) is 41.3 Å². The van der Waals surface area contributed by atoms with E-state index in [0.717, 1.165) is 29.2 Å². The molecule has 108 valence electrons. The molecule has 2 atom stereocenters. The van der Waals surface area contributed by atoms with Gasteiger partial charge in [-0.05, 0) is 48.2 Å². The van der Waals surface area contributed by atoms with Gasteiger partial charge in [-0.25, -0.2) is 0 Å². The van der Waals surface area contributed by atoms with E-state index in [9.17, 15) is 10.1 Å². The van der Waals surface area contributed by atoms with Crippen LogP contribution in [0.15, 0.2) is 22.7 Å². The molecule has 0 bridgehead atoms. The van der Waals surface area contributed by atoms with Crippen molar-refractivity contribution in [3.05, 3.63) is 32.8 Å². The molecule has 0 radical (unpaired) electrons. The number of nitrogens with zero attached hydrogens (tertiary/aromatic N) is 2. The van der Waals surface area contributed by atoms with Gasteiger partial charge in [-0.2, -0.15) is 0 Å². The molecule has 0 aromatic heterocycles. The van der Waals surface area contributed by atoms with E-state index in [0.29, 0.717) is 12.1 Å². The smallest absolute Gasteiger partial charge is 0.271 e. The Labute approximate surface area is 126 Å². The quantitative estimate of drug-likeness (QED) is 0.674. The van der Waals surface area contributed by atoms with E-state index in [2.05, 4.69) is 33.1 Å². The van der Waals surface area contributed by atoms with Crippen molar-refractivity contribution < 1.29 is 4.92 Å². The number of nitro benzene ring substituents is 1. The third-order valence-electron chi connectivity index (χ3n) is 4.16. The normalized spacial score (nSPS) is 26.7. The van der Waals surface area contributed by atoms with Gasteiger partial charge in [-0.3, -0.25) is 15.0 Å². The Morgan fingerprint density at radius 3 is 2.85 bits per heavy atom. The van der Waals surface area contributed by atoms with Gasteiger partial charge in [0.05, 0.1) is 10.6 Å². The van der Waals surface area contributed by atoms with Gasteiger partial charge < -0.3 is 5.32 Å². The molecule has 0 amide bonds. The number of halogens is 1. The predicted octanol–water partition coefficient (Wildman–Crippen LogP) is 3.39. The van der Waals surface area contributed by atoms with Gasteiger partial charge >= 0.3 is 0 Å². The summed E-state index contributed by atoms with van der Waals surface area (Å²) in [5, 5.41) is 14.3. The number of non-ortho nitro benzene ring substituents is 1. The molecule has 1 aliphatic carbocycles. The van der Waals surface area contributed by atoms with E-state index < -0.39 is 0 Å². The summed E-state index contributed by atoms with van der Waals surface area (Å²) in [6.45, 7) is 3.30. The highest BCUT2D eigenvalue weighted by atomic mass is 79.9. The molecule has 2 unspecified atom stereocenters. The summed E-state index contributed by atoms with van der Waals surface area (Å²) in [4.78, 5) is 13.1. The van der Waals surface area contributed by atoms with Gasteiger partial charge in [0.25, 0.3) is 5.69 Å². The Morgan fingerprint density at radius 1 is 1.45 bits per heavy atom. The summed E-state index contributed by atoms with van der Waals surface area (Å²) in [7, 11) is 0. The van der Waals surface area contributed by atoms with Crippen LogP contribution in [0.2, 0.25) is 0 Å². The number of likely N-dealkylation sites (tertiary alicyclic amines) is 1. The average molecular weight is 340 g/mol. The zero-order valence-electron chi connectivity index (χ0n) is 11.4. The Hall–Kier alpha value is -1.14. The van der Waals surface area contributed by atoms with Crippen LogP contribution in [0.1, 0.15) is 26.2 Å². The molecule has 1 aromatic carbocycles. The van der Waals surface area contributed by atoms with Crippen LogP contribution in [0.25, 0.3) is 0 Å². The lowest BCUT2D eigenvalue weighted by atomic mass is 10.2. The van der Waals surface area contributed by atoms with E-state index in [-0.39, 0.29) is 10.6 Å². The number of anilines is 1. The standard InChI is InChI=1S/C14H18BrN3O2/c1-9-6-10(8-17(9)11-2-3-11)16-14-7-12(18(19)20)4-5-13(14)15/h4-5,7,9-11,16H,2-3,6,8H2,1H3. The fourth-order valence-corrected chi connectivity index (χ4v) is 3.39. The van der Waals surface area contributed by atoms with Gasteiger partial charge in [0.15, 0.2) is 0 Å². The molecule has 1 saturated carbocycles. The fraction of sp³-hybridized carbons (Fsp3) is 0.571. The lowest BCUT2D eigenvalue weighted by Crippen LogP contribution is -2.31. The lowest BCUT2D eigenvalue weighted by molar-refractivity contribution is -0.384. The minimum atomic E-state index is -0.356. The zero-order chi connectivity index (χ0) is 14.3. The average Bonchev–Trinajstić information content (AvgIpc) is 3.17. The Morgan fingerprint density at radius 2 is 2.20 bits per heavy atom. The molecule has 1 aromatic rings. The van der Waals surface area contributed by atoms with Crippen molar-refractivity contribution in [2.45, 2.75) is 44.3 Å². The highest BCUT2D eigenvalue weighted by Crippen LogP contribution is 2.35. The highest BCUT2D eigenvalue weighted by Gasteiger charge is 2.38. The molecule has 1 heterocycles. The largest absolute Gasteiger partial charge is 0.380 e. The Bertz CT molecular complexity index is 533. The van der Waals surface area contributed by atoms with Crippen LogP contribution in [0, 0.1) is 10.1 Å². The highest BCUT2D eigenvalue weighted by molar-refractivity contribution is 9.10. The molecule has 1 saturated heterocycles. The van der Waals surface area contributed by atoms with E-state index in [1.54, 1.807) is 12.1 Å². The maximum Gasteiger partial charge on any atom is 0.271 e. The van der Waals surface area contributed by atoms with Crippen LogP contribution >= 0.6 is 15.9 Å². The summed E-state index contributed by atoms with van der Waals surface area (Å²) in [5.74, 6) is 0. The van der Waals surface area contributed by atoms with E-state index >= 15 is 0 Å². The minimum absolute atomic E-state index is 0.126. The minimum Gasteiger partial charge on any atom is -0.380 e. The summed E-state index contributed by atoms with van der Waals surface area (Å²) in [5.41, 5.74) is 0.940. The second-order valence-corrected chi connectivity index (χ2v) is 6.63. The SMILES string of the molecule is CC1CC(Nc2cc([N+](=O)[O-])ccc2Br)CN1C1CC1. The number of hydrogen-bond donors (Lipinski definition) is 1. The van der Waals surface area contributed by atoms with Gasteiger partial charge in [0.1, 0.15) is 0 Å². The first-order chi connectivity index (χ1) is 9.54. The predicted molar refractivity (Wildman–Crippen MR) is 82.0 cm³/mol. The Kier molecular flexibility index (Phi) is 3.69. The molecular weight excluding hydrogens is 322 g/mol. The van der Waals surface area contributed by atoms with E-state index in [4.69, 9.17) is 0 Å². The molecule has 0 spiro atoms. The molecule has 1 aliphatic heterocycles. The lowest BCUT2D eigenvalue weighted by Gasteiger charge is -2.20. The van der Waals surface area contributed by atoms with Crippen LogP contribution in [-0.2, 0) is 0 Å². The first kappa shape index (κ1) is 13.8.